The third-order valence-corrected chi connectivity index (χ3v) is 4.41. The van der Waals surface area contributed by atoms with E-state index in [1.807, 2.05) is 24.3 Å². The van der Waals surface area contributed by atoms with Crippen LogP contribution in [0.5, 0.6) is 11.5 Å². The molecular weight excluding hydrogens is 306 g/mol. The highest BCUT2D eigenvalue weighted by Crippen LogP contribution is 2.34. The van der Waals surface area contributed by atoms with Gasteiger partial charge in [0, 0.05) is 44.1 Å². The lowest BCUT2D eigenvalue weighted by Gasteiger charge is -2.34. The lowest BCUT2D eigenvalue weighted by atomic mass is 10.3. The third-order valence-electron chi connectivity index (χ3n) is 4.41. The predicted molar refractivity (Wildman–Crippen MR) is 92.2 cm³/mol. The van der Waals surface area contributed by atoms with E-state index >= 15 is 0 Å². The molecule has 7 nitrogen and oxygen atoms in total. The smallest absolute Gasteiger partial charge is 0.231 e. The number of hydrogen-bond acceptors (Lipinski definition) is 7. The van der Waals surface area contributed by atoms with Crippen LogP contribution in [0.2, 0.25) is 0 Å². The zero-order chi connectivity index (χ0) is 16.4. The fraction of sp³-hybridized carbons (Fsp3) is 0.412. The largest absolute Gasteiger partial charge is 0.454 e. The Balaban J connectivity index is 1.47. The van der Waals surface area contributed by atoms with Gasteiger partial charge in [-0.15, -0.1) is 0 Å². The standard InChI is InChI=1S/C17H21N5O2/c1-2-21-7-9-22(10-8-21)16-5-6-18-17(20-16)19-13-3-4-14-15(11-13)24-12-23-14/h3-6,11H,2,7-10,12H2,1H3,(H,18,19,20). The highest BCUT2D eigenvalue weighted by Gasteiger charge is 2.17. The molecule has 3 heterocycles. The Morgan fingerprint density at radius 3 is 2.75 bits per heavy atom. The summed E-state index contributed by atoms with van der Waals surface area (Å²) < 4.78 is 10.7. The molecule has 0 unspecified atom stereocenters. The molecule has 0 atom stereocenters. The molecule has 2 aliphatic heterocycles. The zero-order valence-electron chi connectivity index (χ0n) is 13.7. The quantitative estimate of drug-likeness (QED) is 0.922. The van der Waals surface area contributed by atoms with E-state index in [9.17, 15) is 0 Å². The van der Waals surface area contributed by atoms with Crippen LogP contribution >= 0.6 is 0 Å². The van der Waals surface area contributed by atoms with Gasteiger partial charge in [-0.2, -0.15) is 4.98 Å². The van der Waals surface area contributed by atoms with Crippen molar-refractivity contribution >= 4 is 17.5 Å². The number of likely N-dealkylation sites (N-methyl/N-ethyl adjacent to an activating group) is 1. The Morgan fingerprint density at radius 2 is 1.92 bits per heavy atom. The van der Waals surface area contributed by atoms with Crippen LogP contribution in [0.3, 0.4) is 0 Å². The molecule has 1 aromatic carbocycles. The zero-order valence-corrected chi connectivity index (χ0v) is 13.7. The molecule has 2 aromatic rings. The summed E-state index contributed by atoms with van der Waals surface area (Å²) in [6.07, 6.45) is 1.80. The van der Waals surface area contributed by atoms with Gasteiger partial charge in [-0.05, 0) is 24.7 Å². The van der Waals surface area contributed by atoms with Crippen molar-refractivity contribution in [3.8, 4) is 11.5 Å². The van der Waals surface area contributed by atoms with E-state index in [-0.39, 0.29) is 6.79 Å². The minimum absolute atomic E-state index is 0.272. The van der Waals surface area contributed by atoms with Gasteiger partial charge in [-0.3, -0.25) is 0 Å². The molecule has 0 spiro atoms. The molecule has 24 heavy (non-hydrogen) atoms. The molecule has 1 fully saturated rings. The highest BCUT2D eigenvalue weighted by atomic mass is 16.7. The summed E-state index contributed by atoms with van der Waals surface area (Å²) in [5.74, 6) is 3.06. The average Bonchev–Trinajstić information content (AvgIpc) is 3.10. The number of nitrogens with one attached hydrogen (secondary N) is 1. The molecule has 1 N–H and O–H groups in total. The van der Waals surface area contributed by atoms with Crippen LogP contribution < -0.4 is 19.7 Å². The van der Waals surface area contributed by atoms with Crippen LogP contribution in [0.1, 0.15) is 6.92 Å². The fourth-order valence-corrected chi connectivity index (χ4v) is 2.98. The van der Waals surface area contributed by atoms with Gasteiger partial charge in [0.15, 0.2) is 11.5 Å². The lowest BCUT2D eigenvalue weighted by molar-refractivity contribution is 0.174. The molecule has 0 aliphatic carbocycles. The lowest BCUT2D eigenvalue weighted by Crippen LogP contribution is -2.46. The van der Waals surface area contributed by atoms with Crippen molar-refractivity contribution < 1.29 is 9.47 Å². The summed E-state index contributed by atoms with van der Waals surface area (Å²) in [5, 5.41) is 3.24. The molecule has 0 bridgehead atoms. The van der Waals surface area contributed by atoms with Crippen LogP contribution in [0, 0.1) is 0 Å². The first-order valence-electron chi connectivity index (χ1n) is 8.29. The first kappa shape index (κ1) is 15.0. The minimum atomic E-state index is 0.272. The number of piperazine rings is 1. The van der Waals surface area contributed by atoms with Crippen molar-refractivity contribution in [2.24, 2.45) is 0 Å². The van der Waals surface area contributed by atoms with Crippen molar-refractivity contribution in [2.45, 2.75) is 6.92 Å². The summed E-state index contributed by atoms with van der Waals surface area (Å²) >= 11 is 0. The predicted octanol–water partition coefficient (Wildman–Crippen LogP) is 2.09. The second kappa shape index (κ2) is 6.52. The van der Waals surface area contributed by atoms with Crippen molar-refractivity contribution in [3.05, 3.63) is 30.5 Å². The van der Waals surface area contributed by atoms with Gasteiger partial charge in [-0.25, -0.2) is 4.98 Å². The normalized spacial score (nSPS) is 17.1. The van der Waals surface area contributed by atoms with E-state index in [0.29, 0.717) is 5.95 Å². The van der Waals surface area contributed by atoms with E-state index in [1.54, 1.807) is 6.20 Å². The van der Waals surface area contributed by atoms with Crippen LogP contribution in [-0.4, -0.2) is 54.4 Å². The van der Waals surface area contributed by atoms with Gasteiger partial charge in [0.05, 0.1) is 0 Å². The van der Waals surface area contributed by atoms with E-state index in [1.165, 1.54) is 0 Å². The molecule has 1 aromatic heterocycles. The summed E-state index contributed by atoms with van der Waals surface area (Å²) in [5.41, 5.74) is 0.882. The second-order valence-electron chi connectivity index (χ2n) is 5.85. The molecular formula is C17H21N5O2. The number of anilines is 3. The van der Waals surface area contributed by atoms with Crippen molar-refractivity contribution in [2.75, 3.05) is 49.7 Å². The number of nitrogens with zero attached hydrogens (tertiary/aromatic N) is 4. The Hall–Kier alpha value is -2.54. The maximum Gasteiger partial charge on any atom is 0.231 e. The summed E-state index contributed by atoms with van der Waals surface area (Å²) in [7, 11) is 0. The Bertz CT molecular complexity index is 716. The van der Waals surface area contributed by atoms with Crippen LogP contribution in [0.4, 0.5) is 17.5 Å². The monoisotopic (exact) mass is 327 g/mol. The van der Waals surface area contributed by atoms with Gasteiger partial charge >= 0.3 is 0 Å². The molecule has 0 radical (unpaired) electrons. The van der Waals surface area contributed by atoms with E-state index in [0.717, 1.165) is 55.7 Å². The van der Waals surface area contributed by atoms with E-state index in [2.05, 4.69) is 32.0 Å². The SMILES string of the molecule is CCN1CCN(c2ccnc(Nc3ccc4c(c3)OCO4)n2)CC1. The number of ether oxygens (including phenoxy) is 2. The number of aromatic nitrogens is 2. The van der Waals surface area contributed by atoms with Crippen LogP contribution in [0.25, 0.3) is 0 Å². The molecule has 0 amide bonds. The second-order valence-corrected chi connectivity index (χ2v) is 5.85. The summed E-state index contributed by atoms with van der Waals surface area (Å²) in [6, 6.07) is 7.69. The van der Waals surface area contributed by atoms with Gasteiger partial charge in [0.1, 0.15) is 5.82 Å². The first-order chi connectivity index (χ1) is 11.8. The number of benzene rings is 1. The number of rotatable bonds is 4. The minimum Gasteiger partial charge on any atom is -0.454 e. The Kier molecular flexibility index (Phi) is 4.08. The molecule has 4 rings (SSSR count). The molecule has 1 saturated heterocycles. The molecule has 2 aliphatic rings. The molecule has 126 valence electrons. The maximum absolute atomic E-state index is 5.40. The van der Waals surface area contributed by atoms with Gasteiger partial charge in [-0.1, -0.05) is 6.92 Å². The van der Waals surface area contributed by atoms with Gasteiger partial charge in [0.2, 0.25) is 12.7 Å². The van der Waals surface area contributed by atoms with Crippen molar-refractivity contribution in [1.82, 2.24) is 14.9 Å². The van der Waals surface area contributed by atoms with Crippen molar-refractivity contribution in [1.29, 1.82) is 0 Å². The fourth-order valence-electron chi connectivity index (χ4n) is 2.98. The number of fused-ring (bicyclic) bond motifs is 1. The average molecular weight is 327 g/mol. The summed E-state index contributed by atoms with van der Waals surface area (Å²) in [6.45, 7) is 7.72. The molecule has 7 heteroatoms. The highest BCUT2D eigenvalue weighted by molar-refractivity contribution is 5.61. The van der Waals surface area contributed by atoms with Gasteiger partial charge < -0.3 is 24.6 Å². The van der Waals surface area contributed by atoms with Crippen LogP contribution in [0.15, 0.2) is 30.5 Å². The van der Waals surface area contributed by atoms with Crippen molar-refractivity contribution in [3.63, 3.8) is 0 Å². The van der Waals surface area contributed by atoms with E-state index in [4.69, 9.17) is 9.47 Å². The first-order valence-corrected chi connectivity index (χ1v) is 8.29. The van der Waals surface area contributed by atoms with Crippen LogP contribution in [-0.2, 0) is 0 Å². The number of hydrogen-bond donors (Lipinski definition) is 1. The third kappa shape index (κ3) is 3.07. The molecule has 0 saturated carbocycles. The topological polar surface area (TPSA) is 62.8 Å². The van der Waals surface area contributed by atoms with E-state index < -0.39 is 0 Å². The van der Waals surface area contributed by atoms with Gasteiger partial charge in [0.25, 0.3) is 0 Å². The Morgan fingerprint density at radius 1 is 1.08 bits per heavy atom. The summed E-state index contributed by atoms with van der Waals surface area (Å²) in [4.78, 5) is 13.7. The maximum atomic E-state index is 5.40. The Labute approximate surface area is 141 Å².